The van der Waals surface area contributed by atoms with Crippen LogP contribution in [0.2, 0.25) is 0 Å². The molecule has 0 saturated carbocycles. The Morgan fingerprint density at radius 1 is 1.34 bits per heavy atom. The van der Waals surface area contributed by atoms with Gasteiger partial charge in [0.05, 0.1) is 31.1 Å². The normalized spacial score (nSPS) is 17.8. The van der Waals surface area contributed by atoms with Crippen molar-refractivity contribution in [2.24, 2.45) is 5.11 Å². The highest BCUT2D eigenvalue weighted by Crippen LogP contribution is 2.38. The minimum Gasteiger partial charge on any atom is -0.479 e. The van der Waals surface area contributed by atoms with Gasteiger partial charge in [0.25, 0.3) is 5.92 Å². The molecule has 1 fully saturated rings. The summed E-state index contributed by atoms with van der Waals surface area (Å²) < 4.78 is 75.1. The number of likely N-dealkylation sites (tertiary alicyclic amines) is 1. The van der Waals surface area contributed by atoms with E-state index in [1.54, 1.807) is 7.05 Å². The Bertz CT molecular complexity index is 1230. The maximum atomic E-state index is 15.1. The summed E-state index contributed by atoms with van der Waals surface area (Å²) in [6.45, 7) is -0.428. The summed E-state index contributed by atoms with van der Waals surface area (Å²) in [4.78, 5) is 5.64. The van der Waals surface area contributed by atoms with Crippen LogP contribution in [0.4, 0.5) is 39.3 Å². The molecule has 0 unspecified atom stereocenters. The standard InChI is InChI=1S/C21H23F5N8O/c1-33-9-15(21(25,26)10-33)29-20-30-19(35-2)18-17(12(22)8-34(18)32-20)11-3-4-13(31-27)14(7-11)28-6-5-16(23)24/h3-4,7-8,15-16,27-28H,5-6,9-10H2,1-2H3,(H,29,32)/t15-/m1/s1. The van der Waals surface area contributed by atoms with Crippen molar-refractivity contribution in [1.29, 1.82) is 5.53 Å². The maximum Gasteiger partial charge on any atom is 0.281 e. The Balaban J connectivity index is 1.73. The van der Waals surface area contributed by atoms with Crippen LogP contribution in [0, 0.1) is 11.3 Å². The highest BCUT2D eigenvalue weighted by molar-refractivity contribution is 5.88. The molecule has 0 amide bonds. The molecule has 4 rings (SSSR count). The second-order valence-corrected chi connectivity index (χ2v) is 8.19. The molecule has 14 heteroatoms. The number of ether oxygens (including phenoxy) is 1. The minimum absolute atomic E-state index is 0.0489. The van der Waals surface area contributed by atoms with Gasteiger partial charge in [-0.3, -0.25) is 4.90 Å². The van der Waals surface area contributed by atoms with E-state index in [1.165, 1.54) is 30.2 Å². The van der Waals surface area contributed by atoms with Crippen LogP contribution < -0.4 is 15.4 Å². The number of anilines is 2. The number of aromatic nitrogens is 3. The molecule has 1 aliphatic heterocycles. The SMILES string of the molecule is COc1nc(N[C@@H]2CN(C)CC2(F)F)nn2cc(F)c(-c3ccc(N=N)c(NCCC(F)F)c3)c12. The molecule has 0 radical (unpaired) electrons. The lowest BCUT2D eigenvalue weighted by atomic mass is 10.0. The van der Waals surface area contributed by atoms with Crippen LogP contribution in [-0.4, -0.2) is 71.7 Å². The number of methoxy groups -OCH3 is 1. The number of hydrogen-bond donors (Lipinski definition) is 3. The highest BCUT2D eigenvalue weighted by Gasteiger charge is 2.47. The molecule has 35 heavy (non-hydrogen) atoms. The summed E-state index contributed by atoms with van der Waals surface area (Å²) in [7, 11) is 2.88. The number of nitrogens with one attached hydrogen (secondary N) is 3. The van der Waals surface area contributed by atoms with E-state index in [0.29, 0.717) is 5.56 Å². The first-order chi connectivity index (χ1) is 16.6. The zero-order chi connectivity index (χ0) is 25.3. The van der Waals surface area contributed by atoms with Crippen molar-refractivity contribution in [3.05, 3.63) is 30.2 Å². The molecule has 3 heterocycles. The van der Waals surface area contributed by atoms with Gasteiger partial charge in [0.2, 0.25) is 18.3 Å². The second kappa shape index (κ2) is 9.60. The molecule has 1 aromatic carbocycles. The summed E-state index contributed by atoms with van der Waals surface area (Å²) in [6, 6.07) is 3.18. The maximum absolute atomic E-state index is 15.1. The van der Waals surface area contributed by atoms with Gasteiger partial charge in [-0.25, -0.2) is 32.0 Å². The molecule has 1 saturated heterocycles. The van der Waals surface area contributed by atoms with Gasteiger partial charge < -0.3 is 15.4 Å². The Morgan fingerprint density at radius 3 is 2.74 bits per heavy atom. The van der Waals surface area contributed by atoms with E-state index >= 15 is 4.39 Å². The first-order valence-electron chi connectivity index (χ1n) is 10.6. The Hall–Kier alpha value is -3.55. The summed E-state index contributed by atoms with van der Waals surface area (Å²) >= 11 is 0. The van der Waals surface area contributed by atoms with Crippen LogP contribution in [-0.2, 0) is 0 Å². The molecular formula is C21H23F5N8O. The van der Waals surface area contributed by atoms with Crippen molar-refractivity contribution in [3.63, 3.8) is 0 Å². The van der Waals surface area contributed by atoms with Crippen LogP contribution >= 0.6 is 0 Å². The molecule has 1 aliphatic rings. The zero-order valence-electron chi connectivity index (χ0n) is 18.8. The molecular weight excluding hydrogens is 475 g/mol. The largest absolute Gasteiger partial charge is 0.479 e. The molecule has 0 bridgehead atoms. The quantitative estimate of drug-likeness (QED) is 0.294. The fraction of sp³-hybridized carbons (Fsp3) is 0.429. The number of nitrogens with zero attached hydrogens (tertiary/aromatic N) is 5. The van der Waals surface area contributed by atoms with Crippen molar-refractivity contribution >= 4 is 22.8 Å². The molecule has 3 aromatic rings. The van der Waals surface area contributed by atoms with Crippen molar-refractivity contribution < 1.29 is 26.7 Å². The number of hydrogen-bond acceptors (Lipinski definition) is 8. The topological polar surface area (TPSA) is 103 Å². The molecule has 9 nitrogen and oxygen atoms in total. The molecule has 0 spiro atoms. The second-order valence-electron chi connectivity index (χ2n) is 8.19. The van der Waals surface area contributed by atoms with Crippen molar-refractivity contribution in [2.75, 3.05) is 44.4 Å². The summed E-state index contributed by atoms with van der Waals surface area (Å²) in [5.74, 6) is -3.92. The Labute approximate surface area is 196 Å². The molecule has 188 valence electrons. The van der Waals surface area contributed by atoms with Crippen LogP contribution in [0.25, 0.3) is 16.6 Å². The fourth-order valence-corrected chi connectivity index (χ4v) is 4.03. The van der Waals surface area contributed by atoms with E-state index in [2.05, 4.69) is 25.8 Å². The third-order valence-electron chi connectivity index (χ3n) is 5.62. The Morgan fingerprint density at radius 2 is 2.11 bits per heavy atom. The van der Waals surface area contributed by atoms with E-state index in [9.17, 15) is 17.6 Å². The van der Waals surface area contributed by atoms with Crippen molar-refractivity contribution in [1.82, 2.24) is 19.5 Å². The van der Waals surface area contributed by atoms with Crippen molar-refractivity contribution in [2.45, 2.75) is 24.8 Å². The van der Waals surface area contributed by atoms with Gasteiger partial charge in [0.15, 0.2) is 5.82 Å². The average Bonchev–Trinajstić information content (AvgIpc) is 3.26. The van der Waals surface area contributed by atoms with E-state index in [-0.39, 0.29) is 47.4 Å². The van der Waals surface area contributed by atoms with Gasteiger partial charge >= 0.3 is 0 Å². The van der Waals surface area contributed by atoms with Gasteiger partial charge in [-0.05, 0) is 24.7 Å². The molecule has 1 atom stereocenters. The first kappa shape index (κ1) is 24.6. The van der Waals surface area contributed by atoms with Gasteiger partial charge in [0, 0.05) is 19.5 Å². The summed E-state index contributed by atoms with van der Waals surface area (Å²) in [5.41, 5.74) is 8.26. The van der Waals surface area contributed by atoms with E-state index in [4.69, 9.17) is 10.3 Å². The summed E-state index contributed by atoms with van der Waals surface area (Å²) in [5, 5.41) is 12.9. The van der Waals surface area contributed by atoms with Gasteiger partial charge in [-0.1, -0.05) is 6.07 Å². The number of halogens is 5. The van der Waals surface area contributed by atoms with Gasteiger partial charge in [0.1, 0.15) is 17.2 Å². The van der Waals surface area contributed by atoms with Crippen LogP contribution in [0.3, 0.4) is 0 Å². The smallest absolute Gasteiger partial charge is 0.281 e. The number of rotatable bonds is 9. The third-order valence-corrected chi connectivity index (χ3v) is 5.62. The first-order valence-corrected chi connectivity index (χ1v) is 10.6. The lowest BCUT2D eigenvalue weighted by Crippen LogP contribution is -2.38. The molecule has 3 N–H and O–H groups in total. The van der Waals surface area contributed by atoms with E-state index < -0.39 is 37.2 Å². The van der Waals surface area contributed by atoms with Gasteiger partial charge in [-0.2, -0.15) is 10.1 Å². The number of fused-ring (bicyclic) bond motifs is 1. The van der Waals surface area contributed by atoms with Crippen LogP contribution in [0.5, 0.6) is 5.88 Å². The lowest BCUT2D eigenvalue weighted by Gasteiger charge is -2.19. The highest BCUT2D eigenvalue weighted by atomic mass is 19.3. The minimum atomic E-state index is -3.01. The lowest BCUT2D eigenvalue weighted by molar-refractivity contribution is 0.00582. The van der Waals surface area contributed by atoms with Crippen molar-refractivity contribution in [3.8, 4) is 17.0 Å². The number of alkyl halides is 4. The molecule has 2 aromatic heterocycles. The predicted octanol–water partition coefficient (Wildman–Crippen LogP) is 4.63. The Kier molecular flexibility index (Phi) is 6.74. The number of likely N-dealkylation sites (N-methyl/N-ethyl adjacent to an activating group) is 1. The fourth-order valence-electron chi connectivity index (χ4n) is 4.03. The van der Waals surface area contributed by atoms with E-state index in [1.807, 2.05) is 0 Å². The average molecular weight is 498 g/mol. The summed E-state index contributed by atoms with van der Waals surface area (Å²) in [6.07, 6.45) is -1.87. The zero-order valence-corrected chi connectivity index (χ0v) is 18.8. The van der Waals surface area contributed by atoms with Crippen LogP contribution in [0.15, 0.2) is 29.5 Å². The third kappa shape index (κ3) is 4.97. The van der Waals surface area contributed by atoms with E-state index in [0.717, 1.165) is 10.7 Å². The monoisotopic (exact) mass is 498 g/mol. The van der Waals surface area contributed by atoms with Gasteiger partial charge in [-0.15, -0.1) is 5.10 Å². The van der Waals surface area contributed by atoms with Crippen LogP contribution in [0.1, 0.15) is 6.42 Å². The number of benzene rings is 1. The molecule has 0 aliphatic carbocycles. The predicted molar refractivity (Wildman–Crippen MR) is 119 cm³/mol.